The Morgan fingerprint density at radius 2 is 1.80 bits per heavy atom. The van der Waals surface area contributed by atoms with Gasteiger partial charge in [-0.15, -0.1) is 0 Å². The first-order valence-corrected chi connectivity index (χ1v) is 10.9. The second-order valence-electron chi connectivity index (χ2n) is 7.66. The van der Waals surface area contributed by atoms with Gasteiger partial charge in [0.2, 0.25) is 0 Å². The maximum Gasteiger partial charge on any atom is 0.152 e. The second-order valence-corrected chi connectivity index (χ2v) is 8.53. The van der Waals surface area contributed by atoms with Crippen LogP contribution in [0.3, 0.4) is 0 Å². The highest BCUT2D eigenvalue weighted by Crippen LogP contribution is 2.34. The molecule has 9 heteroatoms. The SMILES string of the molecule is Nc1cc(Cl)cnc1N1CCN(C(C=O)N2CCNCC2)C[C@H]1c1ccc(Cl)cc1. The number of hydrogen-bond acceptors (Lipinski definition) is 7. The van der Waals surface area contributed by atoms with Crippen molar-refractivity contribution in [3.8, 4) is 0 Å². The van der Waals surface area contributed by atoms with Gasteiger partial charge in [0.25, 0.3) is 0 Å². The Morgan fingerprint density at radius 3 is 2.47 bits per heavy atom. The highest BCUT2D eigenvalue weighted by Gasteiger charge is 2.35. The van der Waals surface area contributed by atoms with Crippen LogP contribution < -0.4 is 16.0 Å². The molecule has 7 nitrogen and oxygen atoms in total. The molecule has 30 heavy (non-hydrogen) atoms. The van der Waals surface area contributed by atoms with Gasteiger partial charge in [-0.3, -0.25) is 9.80 Å². The predicted molar refractivity (Wildman–Crippen MR) is 121 cm³/mol. The Kier molecular flexibility index (Phi) is 6.75. The normalized spacial score (nSPS) is 22.1. The molecule has 0 radical (unpaired) electrons. The highest BCUT2D eigenvalue weighted by atomic mass is 35.5. The molecular formula is C21H26Cl2N6O. The lowest BCUT2D eigenvalue weighted by Crippen LogP contribution is -2.60. The van der Waals surface area contributed by atoms with E-state index in [9.17, 15) is 4.79 Å². The molecule has 2 fully saturated rings. The van der Waals surface area contributed by atoms with Crippen LogP contribution in [-0.2, 0) is 4.79 Å². The predicted octanol–water partition coefficient (Wildman–Crippen LogP) is 2.26. The lowest BCUT2D eigenvalue weighted by molar-refractivity contribution is -0.120. The van der Waals surface area contributed by atoms with E-state index < -0.39 is 0 Å². The lowest BCUT2D eigenvalue weighted by Gasteiger charge is -2.47. The summed E-state index contributed by atoms with van der Waals surface area (Å²) in [5.74, 6) is 0.712. The molecule has 1 aromatic heterocycles. The van der Waals surface area contributed by atoms with Crippen molar-refractivity contribution in [1.29, 1.82) is 0 Å². The van der Waals surface area contributed by atoms with Gasteiger partial charge in [0.1, 0.15) is 6.17 Å². The highest BCUT2D eigenvalue weighted by molar-refractivity contribution is 6.31. The Labute approximate surface area is 186 Å². The first-order valence-electron chi connectivity index (χ1n) is 10.1. The summed E-state index contributed by atoms with van der Waals surface area (Å²) in [7, 11) is 0. The van der Waals surface area contributed by atoms with Crippen LogP contribution in [0.2, 0.25) is 10.0 Å². The number of halogens is 2. The molecule has 2 aromatic rings. The van der Waals surface area contributed by atoms with Crippen LogP contribution in [0, 0.1) is 0 Å². The molecule has 4 rings (SSSR count). The fraction of sp³-hybridized carbons (Fsp3) is 0.429. The summed E-state index contributed by atoms with van der Waals surface area (Å²) in [4.78, 5) is 23.3. The minimum absolute atomic E-state index is 0.0163. The Bertz CT molecular complexity index is 874. The van der Waals surface area contributed by atoms with E-state index in [4.69, 9.17) is 28.9 Å². The molecule has 0 aliphatic carbocycles. The zero-order valence-corrected chi connectivity index (χ0v) is 18.2. The molecule has 1 aromatic carbocycles. The molecule has 0 amide bonds. The fourth-order valence-corrected chi connectivity index (χ4v) is 4.60. The van der Waals surface area contributed by atoms with Gasteiger partial charge in [-0.05, 0) is 23.8 Å². The number of carbonyl (C=O) groups excluding carboxylic acids is 1. The van der Waals surface area contributed by atoms with Crippen molar-refractivity contribution in [1.82, 2.24) is 20.1 Å². The van der Waals surface area contributed by atoms with Gasteiger partial charge in [0, 0.05) is 57.0 Å². The Hall–Kier alpha value is -1.90. The van der Waals surface area contributed by atoms with Gasteiger partial charge in [-0.25, -0.2) is 4.98 Å². The topological polar surface area (TPSA) is 77.7 Å². The summed E-state index contributed by atoms with van der Waals surface area (Å²) in [5.41, 5.74) is 7.91. The number of rotatable bonds is 5. The van der Waals surface area contributed by atoms with E-state index in [2.05, 4.69) is 25.0 Å². The van der Waals surface area contributed by atoms with Gasteiger partial charge in [0.15, 0.2) is 12.1 Å². The number of aldehydes is 1. The number of nitrogens with zero attached hydrogens (tertiary/aromatic N) is 4. The first-order chi connectivity index (χ1) is 14.6. The van der Waals surface area contributed by atoms with Crippen molar-refractivity contribution < 1.29 is 4.79 Å². The van der Waals surface area contributed by atoms with E-state index in [-0.39, 0.29) is 12.2 Å². The molecular weight excluding hydrogens is 423 g/mol. The maximum absolute atomic E-state index is 12.1. The number of nitrogen functional groups attached to an aromatic ring is 1. The quantitative estimate of drug-likeness (QED) is 0.679. The van der Waals surface area contributed by atoms with Crippen molar-refractivity contribution in [3.05, 3.63) is 52.1 Å². The average molecular weight is 449 g/mol. The number of benzene rings is 1. The Morgan fingerprint density at radius 1 is 1.07 bits per heavy atom. The van der Waals surface area contributed by atoms with E-state index in [0.29, 0.717) is 34.6 Å². The summed E-state index contributed by atoms with van der Waals surface area (Å²) in [6, 6.07) is 9.54. The van der Waals surface area contributed by atoms with E-state index in [0.717, 1.165) is 44.6 Å². The summed E-state index contributed by atoms with van der Waals surface area (Å²) in [6.07, 6.45) is 2.45. The Balaban J connectivity index is 1.64. The van der Waals surface area contributed by atoms with Crippen LogP contribution in [0.15, 0.2) is 36.5 Å². The van der Waals surface area contributed by atoms with Crippen LogP contribution in [0.25, 0.3) is 0 Å². The molecule has 0 bridgehead atoms. The maximum atomic E-state index is 12.1. The van der Waals surface area contributed by atoms with E-state index in [1.807, 2.05) is 24.3 Å². The number of aromatic nitrogens is 1. The average Bonchev–Trinajstić information content (AvgIpc) is 2.76. The van der Waals surface area contributed by atoms with Crippen LogP contribution >= 0.6 is 23.2 Å². The summed E-state index contributed by atoms with van der Waals surface area (Å²) < 4.78 is 0. The molecule has 2 saturated heterocycles. The number of carbonyl (C=O) groups is 1. The van der Waals surface area contributed by atoms with Crippen molar-refractivity contribution in [2.75, 3.05) is 56.4 Å². The summed E-state index contributed by atoms with van der Waals surface area (Å²) >= 11 is 12.2. The molecule has 3 N–H and O–H groups in total. The molecule has 0 saturated carbocycles. The van der Waals surface area contributed by atoms with Crippen molar-refractivity contribution in [3.63, 3.8) is 0 Å². The van der Waals surface area contributed by atoms with Gasteiger partial charge < -0.3 is 20.7 Å². The summed E-state index contributed by atoms with van der Waals surface area (Å²) in [5, 5.41) is 4.55. The minimum Gasteiger partial charge on any atom is -0.396 e. The van der Waals surface area contributed by atoms with E-state index >= 15 is 0 Å². The van der Waals surface area contributed by atoms with Gasteiger partial charge in [-0.2, -0.15) is 0 Å². The van der Waals surface area contributed by atoms with E-state index in [1.165, 1.54) is 0 Å². The van der Waals surface area contributed by atoms with Crippen LogP contribution in [-0.4, -0.2) is 73.0 Å². The van der Waals surface area contributed by atoms with Crippen molar-refractivity contribution in [2.24, 2.45) is 0 Å². The van der Waals surface area contributed by atoms with Crippen molar-refractivity contribution >= 4 is 41.0 Å². The van der Waals surface area contributed by atoms with Gasteiger partial charge in [-0.1, -0.05) is 35.3 Å². The largest absolute Gasteiger partial charge is 0.396 e. The third kappa shape index (κ3) is 4.55. The van der Waals surface area contributed by atoms with Crippen LogP contribution in [0.1, 0.15) is 11.6 Å². The number of nitrogens with two attached hydrogens (primary N) is 1. The number of hydrogen-bond donors (Lipinski definition) is 2. The lowest BCUT2D eigenvalue weighted by atomic mass is 10.0. The number of nitrogens with one attached hydrogen (secondary N) is 1. The first kappa shape index (κ1) is 21.3. The van der Waals surface area contributed by atoms with Crippen LogP contribution in [0.4, 0.5) is 11.5 Å². The zero-order chi connectivity index (χ0) is 21.1. The van der Waals surface area contributed by atoms with Crippen molar-refractivity contribution in [2.45, 2.75) is 12.2 Å². The van der Waals surface area contributed by atoms with Gasteiger partial charge in [0.05, 0.1) is 16.8 Å². The number of piperazine rings is 2. The number of pyridine rings is 1. The number of anilines is 2. The standard InChI is InChI=1S/C21H26Cl2N6O/c22-16-3-1-15(2-4-16)19-13-28(20(14-30)27-7-5-25-6-8-27)9-10-29(19)21-18(24)11-17(23)12-26-21/h1-4,11-12,14,19-20,25H,5-10,13,24H2/t19-,20?/m0/s1. The fourth-order valence-electron chi connectivity index (χ4n) is 4.31. The third-order valence-corrected chi connectivity index (χ3v) is 6.28. The third-order valence-electron chi connectivity index (χ3n) is 5.82. The van der Waals surface area contributed by atoms with Crippen LogP contribution in [0.5, 0.6) is 0 Å². The molecule has 3 heterocycles. The monoisotopic (exact) mass is 448 g/mol. The molecule has 0 spiro atoms. The minimum atomic E-state index is -0.237. The molecule has 2 aliphatic heterocycles. The van der Waals surface area contributed by atoms with Gasteiger partial charge >= 0.3 is 0 Å². The molecule has 2 aliphatic rings. The van der Waals surface area contributed by atoms with E-state index in [1.54, 1.807) is 12.3 Å². The summed E-state index contributed by atoms with van der Waals surface area (Å²) in [6.45, 7) is 5.64. The molecule has 160 valence electrons. The molecule has 2 atom stereocenters. The second kappa shape index (κ2) is 9.49. The molecule has 1 unspecified atom stereocenters. The smallest absolute Gasteiger partial charge is 0.152 e. The zero-order valence-electron chi connectivity index (χ0n) is 16.7.